The summed E-state index contributed by atoms with van der Waals surface area (Å²) in [6, 6.07) is 6.10. The number of carbonyl (C=O) groups excluding carboxylic acids is 2. The first-order valence-corrected chi connectivity index (χ1v) is 6.59. The van der Waals surface area contributed by atoms with Crippen LogP contribution in [0.4, 0.5) is 11.4 Å². The van der Waals surface area contributed by atoms with E-state index in [4.69, 9.17) is 0 Å². The molecule has 0 aliphatic carbocycles. The standard InChI is InChI=1S/C15H20N2O2/c1-11(18)5-4-8-16(2)13-6-7-14-12(9-13)10-15(19)17(14)3/h6-7,9H,4-5,8,10H2,1-3H3. The number of fused-ring (bicyclic) bond motifs is 1. The first kappa shape index (κ1) is 13.6. The summed E-state index contributed by atoms with van der Waals surface area (Å²) in [5, 5.41) is 0. The summed E-state index contributed by atoms with van der Waals surface area (Å²) < 4.78 is 0. The minimum absolute atomic E-state index is 0.145. The van der Waals surface area contributed by atoms with Crippen molar-refractivity contribution in [2.45, 2.75) is 26.2 Å². The molecule has 0 fully saturated rings. The second-order valence-electron chi connectivity index (χ2n) is 5.17. The van der Waals surface area contributed by atoms with Gasteiger partial charge >= 0.3 is 0 Å². The van der Waals surface area contributed by atoms with E-state index in [0.717, 1.165) is 29.9 Å². The van der Waals surface area contributed by atoms with Crippen LogP contribution in [-0.2, 0) is 16.0 Å². The first-order chi connectivity index (χ1) is 8.99. The highest BCUT2D eigenvalue weighted by Gasteiger charge is 2.24. The molecule has 102 valence electrons. The number of Topliss-reactive ketones (excluding diaryl/α,β-unsaturated/α-hetero) is 1. The van der Waals surface area contributed by atoms with E-state index >= 15 is 0 Å². The summed E-state index contributed by atoms with van der Waals surface area (Å²) in [7, 11) is 3.83. The average molecular weight is 260 g/mol. The van der Waals surface area contributed by atoms with Crippen LogP contribution >= 0.6 is 0 Å². The molecule has 19 heavy (non-hydrogen) atoms. The molecule has 1 heterocycles. The summed E-state index contributed by atoms with van der Waals surface area (Å²) in [6.45, 7) is 2.47. The van der Waals surface area contributed by atoms with Crippen LogP contribution < -0.4 is 9.80 Å². The van der Waals surface area contributed by atoms with Crippen molar-refractivity contribution in [3.8, 4) is 0 Å². The van der Waals surface area contributed by atoms with Gasteiger partial charge in [0.05, 0.1) is 6.42 Å². The lowest BCUT2D eigenvalue weighted by molar-refractivity contribution is -0.117. The van der Waals surface area contributed by atoms with Gasteiger partial charge in [-0.3, -0.25) is 4.79 Å². The average Bonchev–Trinajstić information content (AvgIpc) is 2.64. The quantitative estimate of drug-likeness (QED) is 0.813. The van der Waals surface area contributed by atoms with Gasteiger partial charge in [-0.1, -0.05) is 0 Å². The maximum Gasteiger partial charge on any atom is 0.231 e. The van der Waals surface area contributed by atoms with Crippen LogP contribution in [0.2, 0.25) is 0 Å². The Bertz CT molecular complexity index is 511. The maximum absolute atomic E-state index is 11.6. The molecule has 1 amide bonds. The predicted octanol–water partition coefficient (Wildman–Crippen LogP) is 2.01. The van der Waals surface area contributed by atoms with Gasteiger partial charge in [-0.25, -0.2) is 0 Å². The Balaban J connectivity index is 2.04. The Morgan fingerprint density at radius 1 is 1.42 bits per heavy atom. The van der Waals surface area contributed by atoms with Crippen molar-refractivity contribution < 1.29 is 9.59 Å². The molecule has 0 atom stereocenters. The molecule has 1 aromatic rings. The molecule has 1 aliphatic heterocycles. The second kappa shape index (κ2) is 5.43. The fourth-order valence-corrected chi connectivity index (χ4v) is 2.39. The van der Waals surface area contributed by atoms with E-state index in [0.29, 0.717) is 12.8 Å². The molecule has 0 saturated carbocycles. The normalized spacial score (nSPS) is 13.6. The third-order valence-electron chi connectivity index (χ3n) is 3.60. The molecule has 0 unspecified atom stereocenters. The number of rotatable bonds is 5. The van der Waals surface area contributed by atoms with Gasteiger partial charge in [0, 0.05) is 38.4 Å². The zero-order valence-corrected chi connectivity index (χ0v) is 11.8. The number of benzene rings is 1. The highest BCUT2D eigenvalue weighted by Crippen LogP contribution is 2.31. The van der Waals surface area contributed by atoms with Gasteiger partial charge in [-0.15, -0.1) is 0 Å². The molecule has 0 spiro atoms. The number of ketones is 1. The number of carbonyl (C=O) groups is 2. The third kappa shape index (κ3) is 2.95. The predicted molar refractivity (Wildman–Crippen MR) is 76.7 cm³/mol. The van der Waals surface area contributed by atoms with Crippen LogP contribution in [0.15, 0.2) is 18.2 Å². The van der Waals surface area contributed by atoms with Gasteiger partial charge in [0.1, 0.15) is 5.78 Å². The van der Waals surface area contributed by atoms with Gasteiger partial charge in [0.15, 0.2) is 0 Å². The zero-order valence-electron chi connectivity index (χ0n) is 11.8. The molecule has 2 rings (SSSR count). The first-order valence-electron chi connectivity index (χ1n) is 6.59. The van der Waals surface area contributed by atoms with E-state index in [9.17, 15) is 9.59 Å². The van der Waals surface area contributed by atoms with E-state index in [2.05, 4.69) is 11.0 Å². The van der Waals surface area contributed by atoms with Crippen LogP contribution in [0.1, 0.15) is 25.3 Å². The topological polar surface area (TPSA) is 40.6 Å². The molecular weight excluding hydrogens is 240 g/mol. The lowest BCUT2D eigenvalue weighted by Crippen LogP contribution is -2.20. The van der Waals surface area contributed by atoms with Gasteiger partial charge in [0.2, 0.25) is 5.91 Å². The van der Waals surface area contributed by atoms with Gasteiger partial charge in [-0.05, 0) is 37.1 Å². The van der Waals surface area contributed by atoms with Crippen molar-refractivity contribution >= 4 is 23.1 Å². The largest absolute Gasteiger partial charge is 0.375 e. The van der Waals surface area contributed by atoms with Crippen molar-refractivity contribution in [2.75, 3.05) is 30.4 Å². The second-order valence-corrected chi connectivity index (χ2v) is 5.17. The van der Waals surface area contributed by atoms with Crippen LogP contribution in [-0.4, -0.2) is 32.3 Å². The molecule has 1 aliphatic rings. The minimum atomic E-state index is 0.145. The van der Waals surface area contributed by atoms with Crippen LogP contribution in [0, 0.1) is 0 Å². The number of nitrogens with zero attached hydrogens (tertiary/aromatic N) is 2. The van der Waals surface area contributed by atoms with Crippen LogP contribution in [0.5, 0.6) is 0 Å². The van der Waals surface area contributed by atoms with Crippen LogP contribution in [0.25, 0.3) is 0 Å². The monoisotopic (exact) mass is 260 g/mol. The van der Waals surface area contributed by atoms with Crippen molar-refractivity contribution in [1.82, 2.24) is 0 Å². The Labute approximate surface area is 114 Å². The Morgan fingerprint density at radius 3 is 2.84 bits per heavy atom. The van der Waals surface area contributed by atoms with Gasteiger partial charge in [0.25, 0.3) is 0 Å². The van der Waals surface area contributed by atoms with E-state index < -0.39 is 0 Å². The summed E-state index contributed by atoms with van der Waals surface area (Å²) >= 11 is 0. The van der Waals surface area contributed by atoms with Crippen LogP contribution in [0.3, 0.4) is 0 Å². The van der Waals surface area contributed by atoms with Gasteiger partial charge < -0.3 is 14.6 Å². The highest BCUT2D eigenvalue weighted by atomic mass is 16.2. The Hall–Kier alpha value is -1.84. The lowest BCUT2D eigenvalue weighted by Gasteiger charge is -2.20. The molecule has 1 aromatic carbocycles. The molecule has 0 radical (unpaired) electrons. The molecular formula is C15H20N2O2. The fraction of sp³-hybridized carbons (Fsp3) is 0.467. The SMILES string of the molecule is CC(=O)CCCN(C)c1ccc2c(c1)CC(=O)N2C. The molecule has 0 aromatic heterocycles. The zero-order chi connectivity index (χ0) is 14.0. The summed E-state index contributed by atoms with van der Waals surface area (Å²) in [4.78, 5) is 26.4. The number of likely N-dealkylation sites (N-methyl/N-ethyl adjacent to an activating group) is 1. The number of hydrogen-bond acceptors (Lipinski definition) is 3. The minimum Gasteiger partial charge on any atom is -0.375 e. The number of amides is 1. The van der Waals surface area contributed by atoms with E-state index in [1.807, 2.05) is 26.2 Å². The Kier molecular flexibility index (Phi) is 3.88. The summed E-state index contributed by atoms with van der Waals surface area (Å²) in [5.74, 6) is 0.376. The molecule has 0 saturated heterocycles. The van der Waals surface area contributed by atoms with E-state index in [-0.39, 0.29) is 11.7 Å². The van der Waals surface area contributed by atoms with Crippen molar-refractivity contribution in [2.24, 2.45) is 0 Å². The summed E-state index contributed by atoms with van der Waals surface area (Å²) in [5.41, 5.74) is 3.19. The third-order valence-corrected chi connectivity index (χ3v) is 3.60. The number of hydrogen-bond donors (Lipinski definition) is 0. The molecule has 0 bridgehead atoms. The molecule has 4 nitrogen and oxygen atoms in total. The fourth-order valence-electron chi connectivity index (χ4n) is 2.39. The smallest absolute Gasteiger partial charge is 0.231 e. The van der Waals surface area contributed by atoms with E-state index in [1.165, 1.54) is 0 Å². The lowest BCUT2D eigenvalue weighted by atomic mass is 10.1. The Morgan fingerprint density at radius 2 is 2.16 bits per heavy atom. The maximum atomic E-state index is 11.6. The summed E-state index contributed by atoms with van der Waals surface area (Å²) in [6.07, 6.45) is 1.97. The van der Waals surface area contributed by atoms with Crippen molar-refractivity contribution in [3.63, 3.8) is 0 Å². The molecule has 0 N–H and O–H groups in total. The van der Waals surface area contributed by atoms with Crippen molar-refractivity contribution in [3.05, 3.63) is 23.8 Å². The number of anilines is 2. The highest BCUT2D eigenvalue weighted by molar-refractivity contribution is 6.01. The van der Waals surface area contributed by atoms with Gasteiger partial charge in [-0.2, -0.15) is 0 Å². The van der Waals surface area contributed by atoms with Crippen molar-refractivity contribution in [1.29, 1.82) is 0 Å². The molecule has 4 heteroatoms. The van der Waals surface area contributed by atoms with E-state index in [1.54, 1.807) is 11.8 Å².